The molecule has 1 aromatic carbocycles. The molecule has 0 bridgehead atoms. The number of anilines is 1. The second-order valence-corrected chi connectivity index (χ2v) is 5.89. The van der Waals surface area contributed by atoms with Crippen molar-refractivity contribution in [2.45, 2.75) is 33.1 Å². The largest absolute Gasteiger partial charge is 0.390 e. The Bertz CT molecular complexity index is 592. The molecule has 1 amide bonds. The molecule has 2 N–H and O–H groups in total. The highest BCUT2D eigenvalue weighted by Crippen LogP contribution is 2.23. The predicted molar refractivity (Wildman–Crippen MR) is 98.7 cm³/mol. The maximum Gasteiger partial charge on any atom is 0.267 e. The van der Waals surface area contributed by atoms with Gasteiger partial charge in [-0.05, 0) is 51.0 Å². The Balaban J connectivity index is 2.76. The summed E-state index contributed by atoms with van der Waals surface area (Å²) in [5, 5.41) is 15.2. The molecule has 24 heavy (non-hydrogen) atoms. The quantitative estimate of drug-likeness (QED) is 0.415. The van der Waals surface area contributed by atoms with Crippen molar-refractivity contribution in [1.82, 2.24) is 10.2 Å². The molecule has 0 spiro atoms. The second-order valence-electron chi connectivity index (χ2n) is 5.89. The van der Waals surface area contributed by atoms with Crippen molar-refractivity contribution >= 4 is 11.6 Å². The number of carbonyl (C=O) groups is 1. The van der Waals surface area contributed by atoms with Crippen molar-refractivity contribution in [3.63, 3.8) is 0 Å². The number of nitrogens with one attached hydrogen (secondary N) is 2. The van der Waals surface area contributed by atoms with E-state index in [1.807, 2.05) is 38.4 Å². The summed E-state index contributed by atoms with van der Waals surface area (Å²) in [7, 11) is 4.03. The summed E-state index contributed by atoms with van der Waals surface area (Å²) in [6, 6.07) is 7.98. The van der Waals surface area contributed by atoms with Gasteiger partial charge in [-0.3, -0.25) is 4.79 Å². The Morgan fingerprint density at radius 3 is 2.38 bits per heavy atom. The number of hydrogen-bond donors (Lipinski definition) is 2. The summed E-state index contributed by atoms with van der Waals surface area (Å²) in [5.41, 5.74) is 3.09. The van der Waals surface area contributed by atoms with Crippen LogP contribution in [0.25, 0.3) is 0 Å². The molecule has 0 unspecified atom stereocenters. The zero-order chi connectivity index (χ0) is 17.9. The van der Waals surface area contributed by atoms with Gasteiger partial charge in [0.05, 0.1) is 0 Å². The molecule has 130 valence electrons. The normalized spacial score (nSPS) is 11.2. The summed E-state index contributed by atoms with van der Waals surface area (Å²) in [5.74, 6) is -0.367. The van der Waals surface area contributed by atoms with Gasteiger partial charge < -0.3 is 15.5 Å². The van der Waals surface area contributed by atoms with Gasteiger partial charge in [0, 0.05) is 18.4 Å². The number of amides is 1. The van der Waals surface area contributed by atoms with Gasteiger partial charge in [-0.25, -0.2) is 0 Å². The Morgan fingerprint density at radius 2 is 1.88 bits per heavy atom. The minimum Gasteiger partial charge on any atom is -0.390 e. The number of para-hydroxylation sites is 1. The van der Waals surface area contributed by atoms with Crippen LogP contribution in [0.2, 0.25) is 0 Å². The molecule has 0 heterocycles. The maximum atomic E-state index is 12.4. The third-order valence-electron chi connectivity index (χ3n) is 3.78. The van der Waals surface area contributed by atoms with Crippen molar-refractivity contribution in [1.29, 1.82) is 5.26 Å². The third kappa shape index (κ3) is 6.05. The highest BCUT2D eigenvalue weighted by atomic mass is 16.1. The molecule has 5 nitrogen and oxygen atoms in total. The van der Waals surface area contributed by atoms with Crippen molar-refractivity contribution in [3.8, 4) is 6.07 Å². The van der Waals surface area contributed by atoms with Crippen LogP contribution in [-0.4, -0.2) is 38.0 Å². The molecule has 0 radical (unpaired) electrons. The van der Waals surface area contributed by atoms with E-state index in [-0.39, 0.29) is 11.5 Å². The van der Waals surface area contributed by atoms with E-state index in [0.29, 0.717) is 0 Å². The number of carbonyl (C=O) groups excluding carboxylic acids is 1. The fourth-order valence-corrected chi connectivity index (χ4v) is 2.40. The van der Waals surface area contributed by atoms with Crippen molar-refractivity contribution in [2.75, 3.05) is 32.5 Å². The van der Waals surface area contributed by atoms with E-state index in [4.69, 9.17) is 0 Å². The first-order chi connectivity index (χ1) is 11.5. The topological polar surface area (TPSA) is 68.2 Å². The van der Waals surface area contributed by atoms with E-state index in [1.165, 1.54) is 6.20 Å². The SMILES string of the molecule is CCc1cccc(CC)c1NC(=O)/C(C#N)=C\NCCCN(C)C. The molecule has 0 aliphatic carbocycles. The minimum atomic E-state index is -0.367. The van der Waals surface area contributed by atoms with Gasteiger partial charge in [-0.15, -0.1) is 0 Å². The molecule has 0 aliphatic rings. The lowest BCUT2D eigenvalue weighted by Gasteiger charge is -2.14. The van der Waals surface area contributed by atoms with Crippen LogP contribution in [0.15, 0.2) is 30.0 Å². The van der Waals surface area contributed by atoms with E-state index >= 15 is 0 Å². The van der Waals surface area contributed by atoms with Gasteiger partial charge in [-0.1, -0.05) is 32.0 Å². The molecule has 0 aliphatic heterocycles. The summed E-state index contributed by atoms with van der Waals surface area (Å²) >= 11 is 0. The predicted octanol–water partition coefficient (Wildman–Crippen LogP) is 2.70. The first kappa shape index (κ1) is 19.7. The second kappa shape index (κ2) is 10.5. The monoisotopic (exact) mass is 328 g/mol. The molecule has 0 fully saturated rings. The van der Waals surface area contributed by atoms with Gasteiger partial charge in [0.15, 0.2) is 0 Å². The lowest BCUT2D eigenvalue weighted by atomic mass is 10.0. The van der Waals surface area contributed by atoms with Crippen molar-refractivity contribution in [2.24, 2.45) is 0 Å². The highest BCUT2D eigenvalue weighted by molar-refractivity contribution is 6.07. The van der Waals surface area contributed by atoms with E-state index in [0.717, 1.165) is 49.2 Å². The van der Waals surface area contributed by atoms with Gasteiger partial charge in [-0.2, -0.15) is 5.26 Å². The highest BCUT2D eigenvalue weighted by Gasteiger charge is 2.13. The van der Waals surface area contributed by atoms with Crippen LogP contribution in [0.5, 0.6) is 0 Å². The van der Waals surface area contributed by atoms with E-state index < -0.39 is 0 Å². The summed E-state index contributed by atoms with van der Waals surface area (Å²) < 4.78 is 0. The van der Waals surface area contributed by atoms with Crippen LogP contribution in [0.3, 0.4) is 0 Å². The van der Waals surface area contributed by atoms with E-state index in [9.17, 15) is 10.1 Å². The number of hydrogen-bond acceptors (Lipinski definition) is 4. The number of rotatable bonds is 9. The smallest absolute Gasteiger partial charge is 0.267 e. The van der Waals surface area contributed by atoms with Crippen LogP contribution < -0.4 is 10.6 Å². The molecule has 0 aromatic heterocycles. The molecule has 1 aromatic rings. The summed E-state index contributed by atoms with van der Waals surface area (Å²) in [6.07, 6.45) is 4.11. The first-order valence-corrected chi connectivity index (χ1v) is 8.43. The molecule has 0 saturated heterocycles. The third-order valence-corrected chi connectivity index (χ3v) is 3.78. The number of nitrogens with zero attached hydrogens (tertiary/aromatic N) is 2. The van der Waals surface area contributed by atoms with Gasteiger partial charge in [0.25, 0.3) is 5.91 Å². The maximum absolute atomic E-state index is 12.4. The fourth-order valence-electron chi connectivity index (χ4n) is 2.40. The average molecular weight is 328 g/mol. The minimum absolute atomic E-state index is 0.0906. The zero-order valence-corrected chi connectivity index (χ0v) is 15.1. The molecular formula is C19H28N4O. The number of benzene rings is 1. The average Bonchev–Trinajstić information content (AvgIpc) is 2.57. The van der Waals surface area contributed by atoms with E-state index in [1.54, 1.807) is 0 Å². The molecule has 0 saturated carbocycles. The molecule has 1 rings (SSSR count). The van der Waals surface area contributed by atoms with Gasteiger partial charge in [0.1, 0.15) is 11.6 Å². The Hall–Kier alpha value is -2.32. The lowest BCUT2D eigenvalue weighted by Crippen LogP contribution is -2.21. The Labute approximate surface area is 145 Å². The molecular weight excluding hydrogens is 300 g/mol. The zero-order valence-electron chi connectivity index (χ0n) is 15.1. The van der Waals surface area contributed by atoms with Crippen molar-refractivity contribution < 1.29 is 4.79 Å². The van der Waals surface area contributed by atoms with Gasteiger partial charge in [0.2, 0.25) is 0 Å². The van der Waals surface area contributed by atoms with Crippen LogP contribution >= 0.6 is 0 Å². The number of nitriles is 1. The van der Waals surface area contributed by atoms with Crippen LogP contribution in [0, 0.1) is 11.3 Å². The lowest BCUT2D eigenvalue weighted by molar-refractivity contribution is -0.112. The van der Waals surface area contributed by atoms with E-state index in [2.05, 4.69) is 29.4 Å². The Morgan fingerprint density at radius 1 is 1.25 bits per heavy atom. The summed E-state index contributed by atoms with van der Waals surface area (Å²) in [6.45, 7) is 5.79. The standard InChI is InChI=1S/C19H28N4O/c1-5-15-9-7-10-16(6-2)18(15)22-19(24)17(13-20)14-21-11-8-12-23(3)4/h7,9-10,14,21H,5-6,8,11-12H2,1-4H3,(H,22,24)/b17-14-. The van der Waals surface area contributed by atoms with Crippen LogP contribution in [-0.2, 0) is 17.6 Å². The van der Waals surface area contributed by atoms with Crippen molar-refractivity contribution in [3.05, 3.63) is 41.1 Å². The Kier molecular flexibility index (Phi) is 8.59. The first-order valence-electron chi connectivity index (χ1n) is 8.43. The molecule has 5 heteroatoms. The summed E-state index contributed by atoms with van der Waals surface area (Å²) in [4.78, 5) is 14.5. The van der Waals surface area contributed by atoms with Crippen LogP contribution in [0.4, 0.5) is 5.69 Å². The van der Waals surface area contributed by atoms with Crippen LogP contribution in [0.1, 0.15) is 31.4 Å². The molecule has 0 atom stereocenters. The fraction of sp³-hybridized carbons (Fsp3) is 0.474. The van der Waals surface area contributed by atoms with Gasteiger partial charge >= 0.3 is 0 Å². The number of aryl methyl sites for hydroxylation is 2.